The van der Waals surface area contributed by atoms with Crippen molar-refractivity contribution in [3.8, 4) is 0 Å². The van der Waals surface area contributed by atoms with Crippen molar-refractivity contribution in [3.63, 3.8) is 0 Å². The summed E-state index contributed by atoms with van der Waals surface area (Å²) >= 11 is 0. The summed E-state index contributed by atoms with van der Waals surface area (Å²) in [6.45, 7) is 10.5. The molecule has 16 heavy (non-hydrogen) atoms. The molecule has 1 nitrogen and oxygen atoms in total. The molecule has 0 aromatic carbocycles. The molecule has 0 aromatic heterocycles. The van der Waals surface area contributed by atoms with Crippen LogP contribution in [-0.2, 0) is 0 Å². The molecule has 0 amide bonds. The molecule has 2 aliphatic carbocycles. The Morgan fingerprint density at radius 3 is 2.81 bits per heavy atom. The monoisotopic (exact) mass is 220 g/mol. The van der Waals surface area contributed by atoms with Crippen molar-refractivity contribution in [2.24, 2.45) is 17.3 Å². The molecule has 2 aliphatic rings. The molecule has 0 unspecified atom stereocenters. The first-order valence-corrected chi connectivity index (χ1v) is 6.41. The summed E-state index contributed by atoms with van der Waals surface area (Å²) in [4.78, 5) is 0. The topological polar surface area (TPSA) is 20.2 Å². The molecule has 90 valence electrons. The third kappa shape index (κ3) is 1.98. The van der Waals surface area contributed by atoms with Gasteiger partial charge in [0.2, 0.25) is 0 Å². The molecule has 3 atom stereocenters. The largest absolute Gasteiger partial charge is 0.390 e. The number of hydrogen-bond donors (Lipinski definition) is 1. The first kappa shape index (κ1) is 11.9. The second kappa shape index (κ2) is 3.73. The average Bonchev–Trinajstić information content (AvgIpc) is 2.15. The van der Waals surface area contributed by atoms with E-state index >= 15 is 0 Å². The van der Waals surface area contributed by atoms with Crippen LogP contribution in [0.5, 0.6) is 0 Å². The SMILES string of the molecule is C=C1C=CC[C@@]2(C)CC[C@H](C(C)(C)O)C[C@H]12. The highest BCUT2D eigenvalue weighted by Crippen LogP contribution is 2.52. The van der Waals surface area contributed by atoms with E-state index in [-0.39, 0.29) is 0 Å². The smallest absolute Gasteiger partial charge is 0.0620 e. The minimum atomic E-state index is -0.539. The van der Waals surface area contributed by atoms with Crippen molar-refractivity contribution in [3.05, 3.63) is 24.3 Å². The lowest BCUT2D eigenvalue weighted by molar-refractivity contribution is -0.0334. The van der Waals surface area contributed by atoms with Gasteiger partial charge in [-0.25, -0.2) is 0 Å². The minimum absolute atomic E-state index is 0.396. The summed E-state index contributed by atoms with van der Waals surface area (Å²) in [5.74, 6) is 0.997. The highest BCUT2D eigenvalue weighted by molar-refractivity contribution is 5.26. The van der Waals surface area contributed by atoms with Crippen LogP contribution in [0, 0.1) is 17.3 Å². The summed E-state index contributed by atoms with van der Waals surface area (Å²) in [7, 11) is 0. The molecule has 0 aromatic rings. The van der Waals surface area contributed by atoms with E-state index < -0.39 is 5.60 Å². The van der Waals surface area contributed by atoms with Crippen LogP contribution in [0.25, 0.3) is 0 Å². The van der Waals surface area contributed by atoms with Gasteiger partial charge < -0.3 is 5.11 Å². The second-order valence-electron chi connectivity index (χ2n) is 6.51. The summed E-state index contributed by atoms with van der Waals surface area (Å²) < 4.78 is 0. The summed E-state index contributed by atoms with van der Waals surface area (Å²) in [5, 5.41) is 10.2. The third-order valence-electron chi connectivity index (χ3n) is 4.79. The van der Waals surface area contributed by atoms with Gasteiger partial charge >= 0.3 is 0 Å². The van der Waals surface area contributed by atoms with E-state index in [1.54, 1.807) is 0 Å². The Bertz CT molecular complexity index is 321. The van der Waals surface area contributed by atoms with Crippen LogP contribution < -0.4 is 0 Å². The fraction of sp³-hybridized carbons (Fsp3) is 0.733. The Morgan fingerprint density at radius 1 is 1.50 bits per heavy atom. The minimum Gasteiger partial charge on any atom is -0.390 e. The Kier molecular flexibility index (Phi) is 2.78. The van der Waals surface area contributed by atoms with Gasteiger partial charge in [0.15, 0.2) is 0 Å². The molecule has 1 saturated carbocycles. The predicted octanol–water partition coefficient (Wildman–Crippen LogP) is 3.70. The lowest BCUT2D eigenvalue weighted by atomic mass is 9.57. The van der Waals surface area contributed by atoms with E-state index in [1.807, 2.05) is 13.8 Å². The molecular formula is C15H24O. The van der Waals surface area contributed by atoms with Gasteiger partial charge in [0.05, 0.1) is 5.60 Å². The fourth-order valence-corrected chi connectivity index (χ4v) is 3.45. The second-order valence-corrected chi connectivity index (χ2v) is 6.51. The molecule has 2 rings (SSSR count). The molecule has 1 heteroatoms. The highest BCUT2D eigenvalue weighted by atomic mass is 16.3. The first-order chi connectivity index (χ1) is 7.33. The van der Waals surface area contributed by atoms with Crippen LogP contribution >= 0.6 is 0 Å². The van der Waals surface area contributed by atoms with Gasteiger partial charge in [-0.05, 0) is 56.8 Å². The van der Waals surface area contributed by atoms with Gasteiger partial charge in [0.25, 0.3) is 0 Å². The van der Waals surface area contributed by atoms with Crippen molar-refractivity contribution in [2.75, 3.05) is 0 Å². The number of rotatable bonds is 1. The zero-order valence-corrected chi connectivity index (χ0v) is 10.8. The van der Waals surface area contributed by atoms with Crippen LogP contribution in [0.15, 0.2) is 24.3 Å². The zero-order valence-electron chi connectivity index (χ0n) is 10.8. The number of fused-ring (bicyclic) bond motifs is 1. The molecule has 0 radical (unpaired) electrons. The molecule has 1 fully saturated rings. The average molecular weight is 220 g/mol. The third-order valence-corrected chi connectivity index (χ3v) is 4.79. The maximum atomic E-state index is 10.2. The summed E-state index contributed by atoms with van der Waals surface area (Å²) in [5.41, 5.74) is 1.12. The molecule has 0 aliphatic heterocycles. The van der Waals surface area contributed by atoms with E-state index in [0.717, 1.165) is 12.8 Å². The molecule has 0 spiro atoms. The standard InChI is InChI=1S/C15H24O/c1-11-6-5-8-15(4)9-7-12(10-13(11)15)14(2,3)16/h5-6,12-13,16H,1,7-10H2,2-4H3/t12-,13+,15-/m0/s1. The van der Waals surface area contributed by atoms with Crippen molar-refractivity contribution in [1.82, 2.24) is 0 Å². The predicted molar refractivity (Wildman–Crippen MR) is 68.1 cm³/mol. The first-order valence-electron chi connectivity index (χ1n) is 6.41. The molecule has 1 N–H and O–H groups in total. The Balaban J connectivity index is 2.20. The van der Waals surface area contributed by atoms with Gasteiger partial charge in [0.1, 0.15) is 0 Å². The number of aliphatic hydroxyl groups is 1. The molecular weight excluding hydrogens is 196 g/mol. The van der Waals surface area contributed by atoms with E-state index in [4.69, 9.17) is 0 Å². The Hall–Kier alpha value is -0.560. The van der Waals surface area contributed by atoms with E-state index in [2.05, 4.69) is 25.7 Å². The molecule has 0 heterocycles. The van der Waals surface area contributed by atoms with Crippen LogP contribution in [-0.4, -0.2) is 10.7 Å². The normalized spacial score (nSPS) is 39.6. The fourth-order valence-electron chi connectivity index (χ4n) is 3.45. The number of allylic oxidation sites excluding steroid dienone is 3. The summed E-state index contributed by atoms with van der Waals surface area (Å²) in [6, 6.07) is 0. The van der Waals surface area contributed by atoms with Crippen LogP contribution in [0.2, 0.25) is 0 Å². The maximum Gasteiger partial charge on any atom is 0.0620 e. The van der Waals surface area contributed by atoms with Crippen molar-refractivity contribution in [1.29, 1.82) is 0 Å². The van der Waals surface area contributed by atoms with Crippen LogP contribution in [0.3, 0.4) is 0 Å². The van der Waals surface area contributed by atoms with E-state index in [1.165, 1.54) is 18.4 Å². The zero-order chi connectivity index (χ0) is 12.0. The lowest BCUT2D eigenvalue weighted by Crippen LogP contribution is -2.43. The Morgan fingerprint density at radius 2 is 2.19 bits per heavy atom. The number of hydrogen-bond acceptors (Lipinski definition) is 1. The van der Waals surface area contributed by atoms with E-state index in [9.17, 15) is 5.11 Å². The lowest BCUT2D eigenvalue weighted by Gasteiger charge is -2.49. The highest BCUT2D eigenvalue weighted by Gasteiger charge is 2.44. The van der Waals surface area contributed by atoms with Crippen molar-refractivity contribution in [2.45, 2.75) is 52.1 Å². The van der Waals surface area contributed by atoms with Gasteiger partial charge in [-0.2, -0.15) is 0 Å². The van der Waals surface area contributed by atoms with Gasteiger partial charge in [0, 0.05) is 0 Å². The Labute approximate surface area is 99.3 Å². The maximum absolute atomic E-state index is 10.2. The van der Waals surface area contributed by atoms with Gasteiger partial charge in [-0.1, -0.05) is 31.2 Å². The van der Waals surface area contributed by atoms with E-state index in [0.29, 0.717) is 17.3 Å². The van der Waals surface area contributed by atoms with Gasteiger partial charge in [-0.15, -0.1) is 0 Å². The molecule has 0 saturated heterocycles. The van der Waals surface area contributed by atoms with Crippen LogP contribution in [0.4, 0.5) is 0 Å². The van der Waals surface area contributed by atoms with Crippen molar-refractivity contribution < 1.29 is 5.11 Å². The van der Waals surface area contributed by atoms with Gasteiger partial charge in [-0.3, -0.25) is 0 Å². The summed E-state index contributed by atoms with van der Waals surface area (Å²) in [6.07, 6.45) is 9.09. The van der Waals surface area contributed by atoms with Crippen LogP contribution in [0.1, 0.15) is 46.5 Å². The molecule has 0 bridgehead atoms. The quantitative estimate of drug-likeness (QED) is 0.714. The van der Waals surface area contributed by atoms with Crippen molar-refractivity contribution >= 4 is 0 Å².